The second-order valence-corrected chi connectivity index (χ2v) is 10.5. The van der Waals surface area contributed by atoms with Crippen molar-refractivity contribution in [1.29, 1.82) is 0 Å². The fraction of sp³-hybridized carbons (Fsp3) is 0.500. The van der Waals surface area contributed by atoms with Crippen LogP contribution >= 0.6 is 0 Å². The highest BCUT2D eigenvalue weighted by Crippen LogP contribution is 2.27. The van der Waals surface area contributed by atoms with E-state index in [4.69, 9.17) is 4.74 Å². The molecule has 7 nitrogen and oxygen atoms in total. The number of aromatic nitrogens is 1. The van der Waals surface area contributed by atoms with Gasteiger partial charge in [0.05, 0.1) is 18.0 Å². The van der Waals surface area contributed by atoms with Crippen molar-refractivity contribution in [2.75, 3.05) is 13.7 Å². The normalized spacial score (nSPS) is 12.9. The lowest BCUT2D eigenvalue weighted by molar-refractivity contribution is 0.0588. The van der Waals surface area contributed by atoms with Crippen LogP contribution in [0.25, 0.3) is 0 Å². The number of benzene rings is 1. The number of carbonyl (C=O) groups is 2. The van der Waals surface area contributed by atoms with Crippen LogP contribution < -0.4 is 0 Å². The van der Waals surface area contributed by atoms with Crippen LogP contribution in [0.4, 0.5) is 0 Å². The fourth-order valence-corrected chi connectivity index (χ4v) is 5.43. The molecule has 0 spiro atoms. The third-order valence-corrected chi connectivity index (χ3v) is 7.91. The summed E-state index contributed by atoms with van der Waals surface area (Å²) in [5.41, 5.74) is 2.68. The van der Waals surface area contributed by atoms with Gasteiger partial charge in [0.25, 0.3) is 0 Å². The Morgan fingerprint density at radius 1 is 1.06 bits per heavy atom. The fourth-order valence-electron chi connectivity index (χ4n) is 3.82. The van der Waals surface area contributed by atoms with Crippen molar-refractivity contribution >= 4 is 21.8 Å². The van der Waals surface area contributed by atoms with Crippen molar-refractivity contribution in [1.82, 2.24) is 8.87 Å². The first-order valence-electron chi connectivity index (χ1n) is 10.7. The summed E-state index contributed by atoms with van der Waals surface area (Å²) in [6.07, 6.45) is 0.614. The average molecular weight is 463 g/mol. The maximum atomic E-state index is 13.6. The summed E-state index contributed by atoms with van der Waals surface area (Å²) >= 11 is 0. The molecule has 2 aromatic rings. The van der Waals surface area contributed by atoms with Gasteiger partial charge in [-0.1, -0.05) is 31.5 Å². The van der Waals surface area contributed by atoms with Crippen molar-refractivity contribution in [3.8, 4) is 0 Å². The Morgan fingerprint density at radius 3 is 2.12 bits per heavy atom. The number of aryl methyl sites for hydroxylation is 1. The van der Waals surface area contributed by atoms with Crippen molar-refractivity contribution < 1.29 is 22.7 Å². The van der Waals surface area contributed by atoms with Gasteiger partial charge in [-0.25, -0.2) is 13.2 Å². The maximum Gasteiger partial charge on any atom is 0.354 e. The van der Waals surface area contributed by atoms with Crippen LogP contribution in [-0.4, -0.2) is 48.7 Å². The van der Waals surface area contributed by atoms with Gasteiger partial charge in [0.1, 0.15) is 5.69 Å². The number of ether oxygens (including phenoxy) is 1. The molecule has 0 fully saturated rings. The molecule has 0 aliphatic rings. The van der Waals surface area contributed by atoms with E-state index in [0.29, 0.717) is 23.2 Å². The number of hydrogen-bond donors (Lipinski definition) is 0. The summed E-state index contributed by atoms with van der Waals surface area (Å²) in [7, 11) is -0.924. The molecule has 1 heterocycles. The van der Waals surface area contributed by atoms with E-state index in [1.54, 1.807) is 56.7 Å². The number of carbonyl (C=O) groups excluding carboxylic acids is 2. The minimum atomic E-state index is -3.90. The first-order valence-corrected chi connectivity index (χ1v) is 12.1. The molecule has 1 aromatic carbocycles. The van der Waals surface area contributed by atoms with Crippen LogP contribution in [0.5, 0.6) is 0 Å². The molecule has 0 bridgehead atoms. The Bertz CT molecular complexity index is 1100. The lowest BCUT2D eigenvalue weighted by atomic mass is 10.0. The monoisotopic (exact) mass is 462 g/mol. The van der Waals surface area contributed by atoms with Crippen molar-refractivity contribution in [3.63, 3.8) is 0 Å². The quantitative estimate of drug-likeness (QED) is 0.415. The number of methoxy groups -OCH3 is 1. The van der Waals surface area contributed by atoms with Gasteiger partial charge in [-0.2, -0.15) is 4.31 Å². The predicted octanol–water partition coefficient (Wildman–Crippen LogP) is 4.05. The maximum absolute atomic E-state index is 13.6. The molecular formula is C24H34N2O5S. The third kappa shape index (κ3) is 4.96. The van der Waals surface area contributed by atoms with Crippen molar-refractivity contribution in [2.24, 2.45) is 13.0 Å². The minimum absolute atomic E-state index is 0.156. The molecular weight excluding hydrogens is 428 g/mol. The number of rotatable bonds is 9. The number of ketones is 1. The molecule has 0 radical (unpaired) electrons. The Labute approximate surface area is 191 Å². The average Bonchev–Trinajstić information content (AvgIpc) is 2.95. The summed E-state index contributed by atoms with van der Waals surface area (Å²) in [6, 6.07) is 5.68. The zero-order chi connectivity index (χ0) is 24.4. The number of nitrogens with zero attached hydrogens (tertiary/aromatic N) is 2. The van der Waals surface area contributed by atoms with E-state index in [9.17, 15) is 18.0 Å². The second-order valence-electron chi connectivity index (χ2n) is 8.64. The third-order valence-electron chi connectivity index (χ3n) is 5.92. The summed E-state index contributed by atoms with van der Waals surface area (Å²) < 4.78 is 34.8. The zero-order valence-electron chi connectivity index (χ0n) is 20.2. The van der Waals surface area contributed by atoms with Crippen LogP contribution in [-0.2, 0) is 21.8 Å². The van der Waals surface area contributed by atoms with Crippen LogP contribution in [0.1, 0.15) is 64.9 Å². The largest absolute Gasteiger partial charge is 0.464 e. The summed E-state index contributed by atoms with van der Waals surface area (Å²) in [4.78, 5) is 26.0. The summed E-state index contributed by atoms with van der Waals surface area (Å²) in [5, 5.41) is 0. The van der Waals surface area contributed by atoms with E-state index in [-0.39, 0.29) is 28.8 Å². The van der Waals surface area contributed by atoms with Crippen LogP contribution in [0.3, 0.4) is 0 Å². The van der Waals surface area contributed by atoms with Crippen molar-refractivity contribution in [3.05, 3.63) is 52.3 Å². The molecule has 1 aromatic heterocycles. The van der Waals surface area contributed by atoms with Gasteiger partial charge in [-0.3, -0.25) is 4.79 Å². The molecule has 0 N–H and O–H groups in total. The molecule has 32 heavy (non-hydrogen) atoms. The van der Waals surface area contributed by atoms with Gasteiger partial charge in [0.15, 0.2) is 5.78 Å². The Balaban J connectivity index is 2.55. The van der Waals surface area contributed by atoms with Gasteiger partial charge in [0, 0.05) is 24.8 Å². The zero-order valence-corrected chi connectivity index (χ0v) is 21.0. The Kier molecular flexibility index (Phi) is 8.07. The molecule has 0 saturated carbocycles. The molecule has 0 aliphatic carbocycles. The van der Waals surface area contributed by atoms with E-state index in [0.717, 1.165) is 5.56 Å². The summed E-state index contributed by atoms with van der Waals surface area (Å²) in [5.74, 6) is -0.618. The van der Waals surface area contributed by atoms with Crippen molar-refractivity contribution in [2.45, 2.75) is 58.9 Å². The topological polar surface area (TPSA) is 85.7 Å². The number of Topliss-reactive ketones (excluding diaryl/α,β-unsaturated/α-hetero) is 1. The molecule has 2 rings (SSSR count). The molecule has 1 unspecified atom stereocenters. The predicted molar refractivity (Wildman–Crippen MR) is 125 cm³/mol. The van der Waals surface area contributed by atoms with E-state index >= 15 is 0 Å². The lowest BCUT2D eigenvalue weighted by Crippen LogP contribution is -2.44. The molecule has 0 saturated heterocycles. The number of sulfonamides is 1. The highest BCUT2D eigenvalue weighted by Gasteiger charge is 2.36. The van der Waals surface area contributed by atoms with Crippen LogP contribution in [0.2, 0.25) is 0 Å². The van der Waals surface area contributed by atoms with E-state index < -0.39 is 22.0 Å². The summed E-state index contributed by atoms with van der Waals surface area (Å²) in [6.45, 7) is 11.2. The van der Waals surface area contributed by atoms with E-state index in [2.05, 4.69) is 0 Å². The highest BCUT2D eigenvalue weighted by molar-refractivity contribution is 7.89. The van der Waals surface area contributed by atoms with Crippen LogP contribution in [0, 0.1) is 26.7 Å². The SMILES string of the molecule is COC(=O)c1c(C)c(C(=O)C(C)N(CCC(C)C)S(=O)(=O)c2ccc(C)cc2)c(C)n1C. The van der Waals surface area contributed by atoms with Gasteiger partial charge in [0.2, 0.25) is 10.0 Å². The standard InChI is InChI=1S/C24H34N2O5S/c1-15(2)13-14-26(32(29,30)20-11-9-16(3)10-12-20)19(6)23(27)21-17(4)22(24(28)31-8)25(7)18(21)5/h9-12,15,19H,13-14H2,1-8H3. The minimum Gasteiger partial charge on any atom is -0.464 e. The first-order chi connectivity index (χ1) is 14.8. The first kappa shape index (κ1) is 25.8. The number of esters is 1. The molecule has 176 valence electrons. The van der Waals surface area contributed by atoms with Gasteiger partial charge in [-0.05, 0) is 57.7 Å². The molecule has 0 amide bonds. The van der Waals surface area contributed by atoms with E-state index in [1.807, 2.05) is 20.8 Å². The van der Waals surface area contributed by atoms with Gasteiger partial charge < -0.3 is 9.30 Å². The molecule has 0 aliphatic heterocycles. The molecule has 1 atom stereocenters. The lowest BCUT2D eigenvalue weighted by Gasteiger charge is -2.28. The number of hydrogen-bond acceptors (Lipinski definition) is 5. The molecule has 8 heteroatoms. The Morgan fingerprint density at radius 2 is 1.62 bits per heavy atom. The second kappa shape index (κ2) is 10.0. The van der Waals surface area contributed by atoms with E-state index in [1.165, 1.54) is 11.4 Å². The van der Waals surface area contributed by atoms with Crippen LogP contribution in [0.15, 0.2) is 29.2 Å². The van der Waals surface area contributed by atoms with Gasteiger partial charge >= 0.3 is 5.97 Å². The smallest absolute Gasteiger partial charge is 0.354 e. The Hall–Kier alpha value is -2.45. The highest BCUT2D eigenvalue weighted by atomic mass is 32.2. The van der Waals surface area contributed by atoms with Gasteiger partial charge in [-0.15, -0.1) is 0 Å².